The molecule has 0 saturated heterocycles. The van der Waals surface area contributed by atoms with Crippen LogP contribution in [-0.2, 0) is 0 Å². The Balaban J connectivity index is 1.54. The number of hydrogen-bond donors (Lipinski definition) is 3. The first-order valence-electron chi connectivity index (χ1n) is 8.28. The summed E-state index contributed by atoms with van der Waals surface area (Å²) in [6.45, 7) is 4.21. The van der Waals surface area contributed by atoms with E-state index in [1.165, 1.54) is 11.3 Å². The lowest BCUT2D eigenvalue weighted by atomic mass is 10.1. The highest BCUT2D eigenvalue weighted by Gasteiger charge is 2.19. The lowest BCUT2D eigenvalue weighted by Gasteiger charge is -2.07. The normalized spacial score (nSPS) is 10.6. The van der Waals surface area contributed by atoms with Gasteiger partial charge in [-0.2, -0.15) is 5.10 Å². The summed E-state index contributed by atoms with van der Waals surface area (Å²) in [4.78, 5) is 25.1. The number of aromatic nitrogens is 2. The quantitative estimate of drug-likeness (QED) is 0.580. The van der Waals surface area contributed by atoms with Gasteiger partial charge in [0.25, 0.3) is 5.91 Å². The zero-order chi connectivity index (χ0) is 19.4. The van der Waals surface area contributed by atoms with Crippen LogP contribution >= 0.6 is 11.3 Å². The second-order valence-electron chi connectivity index (χ2n) is 5.82. The Kier molecular flexibility index (Phi) is 5.51. The average Bonchev–Trinajstić information content (AvgIpc) is 3.00. The van der Waals surface area contributed by atoms with Gasteiger partial charge in [0.05, 0.1) is 11.4 Å². The van der Waals surface area contributed by atoms with Crippen LogP contribution in [0.2, 0.25) is 0 Å². The van der Waals surface area contributed by atoms with Crippen LogP contribution in [0.15, 0.2) is 30.3 Å². The third-order valence-electron chi connectivity index (χ3n) is 3.97. The lowest BCUT2D eigenvalue weighted by molar-refractivity contribution is 0.0958. The summed E-state index contributed by atoms with van der Waals surface area (Å²) < 4.78 is 5.09. The molecule has 0 saturated carbocycles. The van der Waals surface area contributed by atoms with Gasteiger partial charge in [-0.15, -0.1) is 16.4 Å². The number of fused-ring (bicyclic) bond motifs is 1. The summed E-state index contributed by atoms with van der Waals surface area (Å²) in [5.41, 5.74) is 8.24. The number of aryl methyl sites for hydroxylation is 2. The minimum Gasteiger partial charge on any atom is -0.410 e. The molecule has 0 fully saturated rings. The number of benzene rings is 1. The number of ether oxygens (including phenoxy) is 1. The molecule has 4 N–H and O–H groups in total. The Bertz CT molecular complexity index is 988. The summed E-state index contributed by atoms with van der Waals surface area (Å²) in [5, 5.41) is 14.2. The van der Waals surface area contributed by atoms with Crippen molar-refractivity contribution in [3.8, 4) is 5.75 Å². The number of carbonyl (C=O) groups excluding carboxylic acids is 2. The molecule has 2 heterocycles. The van der Waals surface area contributed by atoms with Gasteiger partial charge in [-0.05, 0) is 31.5 Å². The molecule has 27 heavy (non-hydrogen) atoms. The number of para-hydroxylation sites is 1. The molecule has 0 radical (unpaired) electrons. The molecule has 0 spiro atoms. The first kappa shape index (κ1) is 18.6. The molecular formula is C18H19N5O3S. The van der Waals surface area contributed by atoms with Crippen LogP contribution in [0.25, 0.3) is 10.2 Å². The summed E-state index contributed by atoms with van der Waals surface area (Å²) in [7, 11) is 0. The summed E-state index contributed by atoms with van der Waals surface area (Å²) in [6.07, 6.45) is -0.585. The van der Waals surface area contributed by atoms with Gasteiger partial charge in [-0.1, -0.05) is 18.2 Å². The van der Waals surface area contributed by atoms with Gasteiger partial charge in [0.1, 0.15) is 15.5 Å². The highest BCUT2D eigenvalue weighted by molar-refractivity contribution is 7.21. The molecule has 9 heteroatoms. The van der Waals surface area contributed by atoms with Crippen molar-refractivity contribution in [3.63, 3.8) is 0 Å². The molecule has 3 rings (SSSR count). The van der Waals surface area contributed by atoms with Crippen molar-refractivity contribution >= 4 is 39.2 Å². The van der Waals surface area contributed by atoms with E-state index in [4.69, 9.17) is 10.5 Å². The van der Waals surface area contributed by atoms with E-state index in [0.29, 0.717) is 21.1 Å². The molecule has 140 valence electrons. The second kappa shape index (κ2) is 8.00. The van der Waals surface area contributed by atoms with Crippen molar-refractivity contribution in [2.75, 3.05) is 18.8 Å². The van der Waals surface area contributed by atoms with E-state index in [2.05, 4.69) is 20.8 Å². The van der Waals surface area contributed by atoms with Gasteiger partial charge in [0.2, 0.25) is 0 Å². The maximum absolute atomic E-state index is 12.4. The largest absolute Gasteiger partial charge is 0.412 e. The zero-order valence-corrected chi connectivity index (χ0v) is 15.7. The van der Waals surface area contributed by atoms with E-state index < -0.39 is 6.09 Å². The highest BCUT2D eigenvalue weighted by Crippen LogP contribution is 2.34. The SMILES string of the molecule is Cc1nnc2sc(C(=O)NCCNC(=O)Oc3ccccc3)c(N)c2c1C. The zero-order valence-electron chi connectivity index (χ0n) is 14.9. The molecule has 0 atom stereocenters. The van der Waals surface area contributed by atoms with E-state index in [1.54, 1.807) is 24.3 Å². The van der Waals surface area contributed by atoms with E-state index in [9.17, 15) is 9.59 Å². The van der Waals surface area contributed by atoms with Crippen molar-refractivity contribution in [3.05, 3.63) is 46.5 Å². The standard InChI is InChI=1S/C18H19N5O3S/c1-10-11(2)22-23-17-13(10)14(19)15(27-17)16(24)20-8-9-21-18(25)26-12-6-4-3-5-7-12/h3-7H,8-9,19H2,1-2H3,(H,20,24)(H,21,25). The molecule has 0 unspecified atom stereocenters. The smallest absolute Gasteiger partial charge is 0.410 e. The van der Waals surface area contributed by atoms with E-state index in [1.807, 2.05) is 19.9 Å². The molecular weight excluding hydrogens is 366 g/mol. The van der Waals surface area contributed by atoms with Gasteiger partial charge in [-0.25, -0.2) is 4.79 Å². The fraction of sp³-hybridized carbons (Fsp3) is 0.222. The number of rotatable bonds is 5. The maximum Gasteiger partial charge on any atom is 0.412 e. The molecule has 1 aromatic carbocycles. The Labute approximate surface area is 159 Å². The molecule has 8 nitrogen and oxygen atoms in total. The van der Waals surface area contributed by atoms with Crippen molar-refractivity contribution in [2.45, 2.75) is 13.8 Å². The van der Waals surface area contributed by atoms with E-state index in [-0.39, 0.29) is 19.0 Å². The molecule has 3 aromatic rings. The predicted octanol–water partition coefficient (Wildman–Crippen LogP) is 2.41. The molecule has 2 aromatic heterocycles. The van der Waals surface area contributed by atoms with Crippen LogP contribution < -0.4 is 21.1 Å². The number of nitrogens with one attached hydrogen (secondary N) is 2. The number of nitrogens with zero attached hydrogens (tertiary/aromatic N) is 2. The van der Waals surface area contributed by atoms with Crippen LogP contribution in [0.5, 0.6) is 5.75 Å². The van der Waals surface area contributed by atoms with Crippen molar-refractivity contribution < 1.29 is 14.3 Å². The minimum absolute atomic E-state index is 0.222. The average molecular weight is 385 g/mol. The Hall–Kier alpha value is -3.20. The Morgan fingerprint density at radius 3 is 2.56 bits per heavy atom. The van der Waals surface area contributed by atoms with Gasteiger partial charge < -0.3 is 21.1 Å². The number of amides is 2. The highest BCUT2D eigenvalue weighted by atomic mass is 32.1. The van der Waals surface area contributed by atoms with Crippen LogP contribution in [0, 0.1) is 13.8 Å². The number of thiophene rings is 1. The number of nitrogens with two attached hydrogens (primary N) is 1. The third-order valence-corrected chi connectivity index (χ3v) is 5.06. The fourth-order valence-electron chi connectivity index (χ4n) is 2.46. The number of carbonyl (C=O) groups is 2. The van der Waals surface area contributed by atoms with Crippen LogP contribution in [0.3, 0.4) is 0 Å². The van der Waals surface area contributed by atoms with Crippen LogP contribution in [-0.4, -0.2) is 35.3 Å². The first-order valence-corrected chi connectivity index (χ1v) is 9.09. The summed E-state index contributed by atoms with van der Waals surface area (Å²) in [5.74, 6) is 0.134. The van der Waals surface area contributed by atoms with Crippen LogP contribution in [0.1, 0.15) is 20.9 Å². The monoisotopic (exact) mass is 385 g/mol. The Morgan fingerprint density at radius 1 is 1.11 bits per heavy atom. The van der Waals surface area contributed by atoms with Gasteiger partial charge in [0.15, 0.2) is 0 Å². The molecule has 0 aliphatic rings. The Morgan fingerprint density at radius 2 is 1.81 bits per heavy atom. The minimum atomic E-state index is -0.585. The fourth-order valence-corrected chi connectivity index (χ4v) is 3.48. The maximum atomic E-state index is 12.4. The second-order valence-corrected chi connectivity index (χ2v) is 6.82. The number of nitrogen functional groups attached to an aromatic ring is 1. The number of hydrogen-bond acceptors (Lipinski definition) is 7. The molecule has 0 bridgehead atoms. The van der Waals surface area contributed by atoms with Crippen LogP contribution in [0.4, 0.5) is 10.5 Å². The first-order chi connectivity index (χ1) is 13.0. The summed E-state index contributed by atoms with van der Waals surface area (Å²) in [6, 6.07) is 8.72. The van der Waals surface area contributed by atoms with Crippen molar-refractivity contribution in [1.29, 1.82) is 0 Å². The van der Waals surface area contributed by atoms with Crippen molar-refractivity contribution in [1.82, 2.24) is 20.8 Å². The van der Waals surface area contributed by atoms with Crippen molar-refractivity contribution in [2.24, 2.45) is 0 Å². The van der Waals surface area contributed by atoms with Gasteiger partial charge >= 0.3 is 6.09 Å². The van der Waals surface area contributed by atoms with E-state index in [0.717, 1.165) is 16.6 Å². The van der Waals surface area contributed by atoms with E-state index >= 15 is 0 Å². The summed E-state index contributed by atoms with van der Waals surface area (Å²) >= 11 is 1.20. The third kappa shape index (κ3) is 4.14. The van der Waals surface area contributed by atoms with Gasteiger partial charge in [0, 0.05) is 18.5 Å². The molecule has 0 aliphatic heterocycles. The predicted molar refractivity (Wildman–Crippen MR) is 104 cm³/mol. The molecule has 0 aliphatic carbocycles. The lowest BCUT2D eigenvalue weighted by Crippen LogP contribution is -2.35. The molecule has 2 amide bonds. The number of anilines is 1. The van der Waals surface area contributed by atoms with Gasteiger partial charge in [-0.3, -0.25) is 4.79 Å². The topological polar surface area (TPSA) is 119 Å².